The zero-order valence-electron chi connectivity index (χ0n) is 11.4. The van der Waals surface area contributed by atoms with Gasteiger partial charge in [-0.2, -0.15) is 10.5 Å². The predicted molar refractivity (Wildman–Crippen MR) is 73.8 cm³/mol. The molecule has 1 rings (SSSR count). The molecule has 0 aromatic heterocycles. The lowest BCUT2D eigenvalue weighted by molar-refractivity contribution is -0.121. The van der Waals surface area contributed by atoms with Crippen molar-refractivity contribution >= 4 is 11.6 Å². The summed E-state index contributed by atoms with van der Waals surface area (Å²) in [6.45, 7) is 2.61. The Kier molecular flexibility index (Phi) is 6.02. The summed E-state index contributed by atoms with van der Waals surface area (Å²) in [7, 11) is 1.56. The molecular formula is C14H16N4O2. The van der Waals surface area contributed by atoms with Crippen LogP contribution in [0, 0.1) is 22.7 Å². The third-order valence-electron chi connectivity index (χ3n) is 2.64. The maximum Gasteiger partial charge on any atom is 0.242 e. The van der Waals surface area contributed by atoms with Crippen molar-refractivity contribution in [1.29, 1.82) is 10.5 Å². The van der Waals surface area contributed by atoms with E-state index in [1.807, 2.05) is 12.1 Å². The first-order valence-electron chi connectivity index (χ1n) is 6.09. The minimum absolute atomic E-state index is 0.162. The summed E-state index contributed by atoms with van der Waals surface area (Å²) >= 11 is 0. The molecule has 0 spiro atoms. The minimum Gasteiger partial charge on any atom is -0.383 e. The highest BCUT2D eigenvalue weighted by atomic mass is 16.5. The van der Waals surface area contributed by atoms with Crippen LogP contribution in [-0.4, -0.2) is 32.2 Å². The van der Waals surface area contributed by atoms with Crippen molar-refractivity contribution in [3.63, 3.8) is 0 Å². The third kappa shape index (κ3) is 4.27. The molecule has 6 nitrogen and oxygen atoms in total. The van der Waals surface area contributed by atoms with E-state index in [0.717, 1.165) is 0 Å². The summed E-state index contributed by atoms with van der Waals surface area (Å²) in [6.07, 6.45) is 0. The van der Waals surface area contributed by atoms with Gasteiger partial charge in [-0.25, -0.2) is 0 Å². The summed E-state index contributed by atoms with van der Waals surface area (Å²) in [5.41, 5.74) is 1.22. The van der Waals surface area contributed by atoms with Gasteiger partial charge in [-0.1, -0.05) is 0 Å². The molecule has 20 heavy (non-hydrogen) atoms. The van der Waals surface area contributed by atoms with Crippen LogP contribution in [0.25, 0.3) is 0 Å². The summed E-state index contributed by atoms with van der Waals surface area (Å²) in [4.78, 5) is 11.8. The normalized spacial score (nSPS) is 11.0. The summed E-state index contributed by atoms with van der Waals surface area (Å²) < 4.78 is 4.84. The third-order valence-corrected chi connectivity index (χ3v) is 2.64. The minimum atomic E-state index is -0.452. The highest BCUT2D eigenvalue weighted by Crippen LogP contribution is 2.15. The number of benzene rings is 1. The lowest BCUT2D eigenvalue weighted by Gasteiger charge is -2.15. The molecule has 0 saturated heterocycles. The molecule has 0 heterocycles. The van der Waals surface area contributed by atoms with Gasteiger partial charge in [0.25, 0.3) is 0 Å². The van der Waals surface area contributed by atoms with Gasteiger partial charge < -0.3 is 15.4 Å². The monoisotopic (exact) mass is 272 g/mol. The standard InChI is InChI=1S/C14H16N4O2/c1-10(14(19)17-5-6-20-2)18-13-4-3-11(8-15)12(7-13)9-16/h3-4,7,10,18H,5-6H2,1-2H3,(H,17,19). The zero-order chi connectivity index (χ0) is 15.0. The van der Waals surface area contributed by atoms with Crippen LogP contribution in [0.2, 0.25) is 0 Å². The van der Waals surface area contributed by atoms with Crippen molar-refractivity contribution in [2.45, 2.75) is 13.0 Å². The van der Waals surface area contributed by atoms with E-state index in [0.29, 0.717) is 24.4 Å². The van der Waals surface area contributed by atoms with Crippen molar-refractivity contribution in [3.8, 4) is 12.1 Å². The average Bonchev–Trinajstić information content (AvgIpc) is 2.47. The van der Waals surface area contributed by atoms with Crippen molar-refractivity contribution in [2.24, 2.45) is 0 Å². The van der Waals surface area contributed by atoms with Crippen LogP contribution in [0.3, 0.4) is 0 Å². The van der Waals surface area contributed by atoms with Crippen LogP contribution in [0.15, 0.2) is 18.2 Å². The lowest BCUT2D eigenvalue weighted by Crippen LogP contribution is -2.39. The summed E-state index contributed by atoms with van der Waals surface area (Å²) in [6, 6.07) is 8.21. The fourth-order valence-electron chi connectivity index (χ4n) is 1.57. The maximum atomic E-state index is 11.8. The molecule has 6 heteroatoms. The number of hydrogen-bond acceptors (Lipinski definition) is 5. The number of nitrogens with one attached hydrogen (secondary N) is 2. The molecule has 1 unspecified atom stereocenters. The van der Waals surface area contributed by atoms with E-state index in [1.165, 1.54) is 0 Å². The molecule has 1 aromatic carbocycles. The number of carbonyl (C=O) groups excluding carboxylic acids is 1. The Morgan fingerprint density at radius 3 is 2.65 bits per heavy atom. The number of amides is 1. The largest absolute Gasteiger partial charge is 0.383 e. The fourth-order valence-corrected chi connectivity index (χ4v) is 1.57. The van der Waals surface area contributed by atoms with Crippen LogP contribution < -0.4 is 10.6 Å². The zero-order valence-corrected chi connectivity index (χ0v) is 11.4. The molecule has 1 amide bonds. The lowest BCUT2D eigenvalue weighted by atomic mass is 10.1. The quantitative estimate of drug-likeness (QED) is 0.753. The second-order valence-corrected chi connectivity index (χ2v) is 4.13. The van der Waals surface area contributed by atoms with Gasteiger partial charge in [0.05, 0.1) is 17.7 Å². The molecular weight excluding hydrogens is 256 g/mol. The van der Waals surface area contributed by atoms with E-state index in [2.05, 4.69) is 10.6 Å². The summed E-state index contributed by atoms with van der Waals surface area (Å²) in [5, 5.41) is 23.5. The predicted octanol–water partition coefficient (Wildman–Crippen LogP) is 0.993. The number of anilines is 1. The van der Waals surface area contributed by atoms with E-state index < -0.39 is 6.04 Å². The first kappa shape index (κ1) is 15.5. The van der Waals surface area contributed by atoms with Crippen molar-refractivity contribution in [3.05, 3.63) is 29.3 Å². The van der Waals surface area contributed by atoms with Gasteiger partial charge in [-0.15, -0.1) is 0 Å². The Bertz CT molecular complexity index is 557. The Morgan fingerprint density at radius 1 is 1.35 bits per heavy atom. The molecule has 0 aliphatic carbocycles. The highest BCUT2D eigenvalue weighted by Gasteiger charge is 2.12. The van der Waals surface area contributed by atoms with Gasteiger partial charge in [-0.05, 0) is 25.1 Å². The highest BCUT2D eigenvalue weighted by molar-refractivity contribution is 5.84. The van der Waals surface area contributed by atoms with E-state index in [4.69, 9.17) is 15.3 Å². The molecule has 0 radical (unpaired) electrons. The SMILES string of the molecule is COCCNC(=O)C(C)Nc1ccc(C#N)c(C#N)c1. The Morgan fingerprint density at radius 2 is 2.05 bits per heavy atom. The number of hydrogen-bond donors (Lipinski definition) is 2. The van der Waals surface area contributed by atoms with E-state index >= 15 is 0 Å². The smallest absolute Gasteiger partial charge is 0.242 e. The van der Waals surface area contributed by atoms with E-state index in [9.17, 15) is 4.79 Å². The number of rotatable bonds is 6. The molecule has 0 aliphatic rings. The Hall–Kier alpha value is -2.57. The Balaban J connectivity index is 2.67. The molecule has 0 saturated carbocycles. The van der Waals surface area contributed by atoms with E-state index in [1.54, 1.807) is 32.2 Å². The molecule has 0 fully saturated rings. The Labute approximate surface area is 118 Å². The molecule has 1 atom stereocenters. The molecule has 1 aromatic rings. The summed E-state index contributed by atoms with van der Waals surface area (Å²) in [5.74, 6) is -0.162. The first-order valence-corrected chi connectivity index (χ1v) is 6.09. The van der Waals surface area contributed by atoms with Gasteiger partial charge in [0.15, 0.2) is 0 Å². The van der Waals surface area contributed by atoms with Gasteiger partial charge in [0.2, 0.25) is 5.91 Å². The maximum absolute atomic E-state index is 11.8. The fraction of sp³-hybridized carbons (Fsp3) is 0.357. The number of carbonyl (C=O) groups is 1. The first-order chi connectivity index (χ1) is 9.62. The van der Waals surface area contributed by atoms with Gasteiger partial charge in [-0.3, -0.25) is 4.79 Å². The number of methoxy groups -OCH3 is 1. The number of nitrogens with zero attached hydrogens (tertiary/aromatic N) is 2. The molecule has 0 aliphatic heterocycles. The van der Waals surface area contributed by atoms with Crippen molar-refractivity contribution < 1.29 is 9.53 Å². The van der Waals surface area contributed by atoms with E-state index in [-0.39, 0.29) is 11.5 Å². The second-order valence-electron chi connectivity index (χ2n) is 4.13. The van der Waals surface area contributed by atoms with Crippen LogP contribution in [0.5, 0.6) is 0 Å². The average molecular weight is 272 g/mol. The number of nitriles is 2. The van der Waals surface area contributed by atoms with Crippen LogP contribution >= 0.6 is 0 Å². The molecule has 0 bridgehead atoms. The van der Waals surface area contributed by atoms with Crippen LogP contribution in [0.1, 0.15) is 18.1 Å². The van der Waals surface area contributed by atoms with Crippen molar-refractivity contribution in [2.75, 3.05) is 25.6 Å². The molecule has 104 valence electrons. The topological polar surface area (TPSA) is 97.9 Å². The molecule has 2 N–H and O–H groups in total. The number of ether oxygens (including phenoxy) is 1. The van der Waals surface area contributed by atoms with Gasteiger partial charge in [0, 0.05) is 19.3 Å². The van der Waals surface area contributed by atoms with Crippen molar-refractivity contribution in [1.82, 2.24) is 5.32 Å². The second kappa shape index (κ2) is 7.78. The van der Waals surface area contributed by atoms with Crippen LogP contribution in [0.4, 0.5) is 5.69 Å². The van der Waals surface area contributed by atoms with Gasteiger partial charge in [0.1, 0.15) is 18.2 Å². The van der Waals surface area contributed by atoms with Gasteiger partial charge >= 0.3 is 0 Å². The van der Waals surface area contributed by atoms with Crippen LogP contribution in [-0.2, 0) is 9.53 Å².